The van der Waals surface area contributed by atoms with Crippen LogP contribution in [0.1, 0.15) is 36.9 Å². The predicted molar refractivity (Wildman–Crippen MR) is 129 cm³/mol. The standard InChI is InChI=1S/C14H19F3N2.C12H10F2N2/c1-18-12-5-2-10(3-6-12)8-11-4-7-13(19-9-11)14(15,16)17;1-3-7(2)16-12-6-15-11-5-10(14)9(13)4-8(11)12/h4,7,9-10,12,18H,2-3,5-6,8H2,1H3;3-6,15-16H,1-2H2. The molecular weight excluding hydrogens is 463 g/mol. The van der Waals surface area contributed by atoms with Crippen LogP contribution >= 0.6 is 0 Å². The summed E-state index contributed by atoms with van der Waals surface area (Å²) in [6, 6.07) is 5.49. The molecule has 2 aromatic heterocycles. The molecule has 1 aliphatic rings. The van der Waals surface area contributed by atoms with Crippen molar-refractivity contribution in [2.75, 3.05) is 12.4 Å². The van der Waals surface area contributed by atoms with E-state index < -0.39 is 23.5 Å². The van der Waals surface area contributed by atoms with Gasteiger partial charge in [0.15, 0.2) is 11.6 Å². The van der Waals surface area contributed by atoms with E-state index >= 15 is 0 Å². The van der Waals surface area contributed by atoms with Crippen LogP contribution in [0.4, 0.5) is 27.6 Å². The molecule has 2 heterocycles. The average Bonchev–Trinajstić information content (AvgIpc) is 3.21. The van der Waals surface area contributed by atoms with Gasteiger partial charge in [0.05, 0.1) is 11.2 Å². The number of rotatable bonds is 6. The summed E-state index contributed by atoms with van der Waals surface area (Å²) in [5.41, 5.74) is 1.85. The highest BCUT2D eigenvalue weighted by molar-refractivity contribution is 5.93. The van der Waals surface area contributed by atoms with E-state index in [2.05, 4.69) is 33.8 Å². The van der Waals surface area contributed by atoms with Crippen LogP contribution in [0.2, 0.25) is 0 Å². The van der Waals surface area contributed by atoms with Crippen LogP contribution in [-0.4, -0.2) is 23.1 Å². The first-order chi connectivity index (χ1) is 16.6. The first-order valence-electron chi connectivity index (χ1n) is 11.3. The van der Waals surface area contributed by atoms with Crippen molar-refractivity contribution in [3.8, 4) is 0 Å². The molecule has 4 nitrogen and oxygen atoms in total. The normalized spacial score (nSPS) is 18.0. The molecule has 1 aliphatic carbocycles. The van der Waals surface area contributed by atoms with E-state index in [1.54, 1.807) is 18.3 Å². The number of aromatic nitrogens is 2. The van der Waals surface area contributed by atoms with Crippen molar-refractivity contribution < 1.29 is 22.0 Å². The molecule has 1 aromatic carbocycles. The Hall–Kier alpha value is -3.20. The molecule has 188 valence electrons. The summed E-state index contributed by atoms with van der Waals surface area (Å²) in [6.07, 6.45) is 5.58. The molecule has 9 heteroatoms. The van der Waals surface area contributed by atoms with Gasteiger partial charge < -0.3 is 15.6 Å². The zero-order valence-electron chi connectivity index (χ0n) is 19.5. The lowest BCUT2D eigenvalue weighted by atomic mass is 9.83. The molecule has 0 spiro atoms. The van der Waals surface area contributed by atoms with Gasteiger partial charge in [-0.05, 0) is 68.8 Å². The number of H-pyrrole nitrogens is 1. The highest BCUT2D eigenvalue weighted by Crippen LogP contribution is 2.30. The monoisotopic (exact) mass is 492 g/mol. The maximum atomic E-state index is 13.1. The molecule has 0 amide bonds. The molecule has 1 saturated carbocycles. The molecule has 3 aromatic rings. The second-order valence-corrected chi connectivity index (χ2v) is 8.63. The van der Waals surface area contributed by atoms with Crippen molar-refractivity contribution in [3.05, 3.63) is 84.5 Å². The summed E-state index contributed by atoms with van der Waals surface area (Å²) in [5, 5.41) is 6.77. The molecular formula is C26H29F5N4. The predicted octanol–water partition coefficient (Wildman–Crippen LogP) is 6.98. The van der Waals surface area contributed by atoms with Gasteiger partial charge in [-0.2, -0.15) is 13.2 Å². The van der Waals surface area contributed by atoms with Crippen molar-refractivity contribution in [2.45, 2.75) is 44.3 Å². The van der Waals surface area contributed by atoms with Crippen LogP contribution in [-0.2, 0) is 12.6 Å². The number of nitrogens with one attached hydrogen (secondary N) is 3. The summed E-state index contributed by atoms with van der Waals surface area (Å²) in [7, 11) is 1.98. The Balaban J connectivity index is 0.000000198. The van der Waals surface area contributed by atoms with Gasteiger partial charge in [0.1, 0.15) is 5.69 Å². The van der Waals surface area contributed by atoms with Crippen LogP contribution in [0.25, 0.3) is 10.9 Å². The molecule has 35 heavy (non-hydrogen) atoms. The van der Waals surface area contributed by atoms with Gasteiger partial charge in [-0.1, -0.05) is 19.2 Å². The van der Waals surface area contributed by atoms with E-state index in [1.165, 1.54) is 6.20 Å². The van der Waals surface area contributed by atoms with Gasteiger partial charge >= 0.3 is 6.18 Å². The van der Waals surface area contributed by atoms with Crippen molar-refractivity contribution >= 4 is 16.6 Å². The number of aromatic amines is 1. The van der Waals surface area contributed by atoms with Crippen molar-refractivity contribution in [2.24, 2.45) is 5.92 Å². The Kier molecular flexibility index (Phi) is 8.67. The van der Waals surface area contributed by atoms with E-state index in [1.807, 2.05) is 7.05 Å². The van der Waals surface area contributed by atoms with Crippen LogP contribution in [0.3, 0.4) is 0 Å². The van der Waals surface area contributed by atoms with E-state index in [-0.39, 0.29) is 0 Å². The molecule has 1 fully saturated rings. The molecule has 0 bridgehead atoms. The van der Waals surface area contributed by atoms with E-state index in [0.29, 0.717) is 34.2 Å². The van der Waals surface area contributed by atoms with Crippen LogP contribution in [0.5, 0.6) is 0 Å². The number of allylic oxidation sites excluding steroid dienone is 1. The number of halogens is 5. The highest BCUT2D eigenvalue weighted by Gasteiger charge is 2.32. The quantitative estimate of drug-likeness (QED) is 0.257. The third-order valence-electron chi connectivity index (χ3n) is 6.16. The highest BCUT2D eigenvalue weighted by atomic mass is 19.4. The molecule has 0 saturated heterocycles. The van der Waals surface area contributed by atoms with Crippen molar-refractivity contribution in [1.82, 2.24) is 15.3 Å². The smallest absolute Gasteiger partial charge is 0.359 e. The molecule has 0 aliphatic heterocycles. The number of pyridine rings is 1. The maximum Gasteiger partial charge on any atom is 0.433 e. The Labute approximate surface area is 201 Å². The lowest BCUT2D eigenvalue weighted by molar-refractivity contribution is -0.141. The fourth-order valence-electron chi connectivity index (χ4n) is 4.15. The summed E-state index contributed by atoms with van der Waals surface area (Å²) >= 11 is 0. The minimum absolute atomic E-state index is 0.526. The molecule has 3 N–H and O–H groups in total. The minimum atomic E-state index is -4.34. The van der Waals surface area contributed by atoms with Gasteiger partial charge in [0, 0.05) is 35.6 Å². The zero-order chi connectivity index (χ0) is 25.6. The van der Waals surface area contributed by atoms with Gasteiger partial charge in [-0.25, -0.2) is 8.78 Å². The van der Waals surface area contributed by atoms with E-state index in [0.717, 1.165) is 55.9 Å². The van der Waals surface area contributed by atoms with Crippen LogP contribution in [0, 0.1) is 17.6 Å². The largest absolute Gasteiger partial charge is 0.433 e. The molecule has 4 rings (SSSR count). The SMILES string of the molecule is C=CC(=C)Nc1c[nH]c2cc(F)c(F)cc12.CNC1CCC(Cc2ccc(C(F)(F)F)nc2)CC1. The third-order valence-corrected chi connectivity index (χ3v) is 6.16. The third kappa shape index (κ3) is 7.14. The number of nitrogens with zero attached hydrogens (tertiary/aromatic N) is 1. The lowest BCUT2D eigenvalue weighted by Gasteiger charge is -2.28. The topological polar surface area (TPSA) is 52.7 Å². The molecule has 0 radical (unpaired) electrons. The Morgan fingerprint density at radius 1 is 1.14 bits per heavy atom. The first kappa shape index (κ1) is 26.4. The summed E-state index contributed by atoms with van der Waals surface area (Å²) in [6.45, 7) is 7.23. The van der Waals surface area contributed by atoms with Gasteiger partial charge in [0.2, 0.25) is 0 Å². The lowest BCUT2D eigenvalue weighted by Crippen LogP contribution is -2.30. The van der Waals surface area contributed by atoms with E-state index in [9.17, 15) is 22.0 Å². The molecule has 0 unspecified atom stereocenters. The fourth-order valence-corrected chi connectivity index (χ4v) is 4.15. The summed E-state index contributed by atoms with van der Waals surface area (Å²) in [5.74, 6) is -1.18. The zero-order valence-corrected chi connectivity index (χ0v) is 19.5. The number of anilines is 1. The van der Waals surface area contributed by atoms with E-state index in [4.69, 9.17) is 0 Å². The average molecular weight is 493 g/mol. The Morgan fingerprint density at radius 2 is 1.83 bits per heavy atom. The maximum absolute atomic E-state index is 13.1. The van der Waals surface area contributed by atoms with Crippen molar-refractivity contribution in [3.63, 3.8) is 0 Å². The number of hydrogen-bond acceptors (Lipinski definition) is 3. The second kappa shape index (κ2) is 11.5. The fraction of sp³-hybridized carbons (Fsp3) is 0.346. The Bertz CT molecular complexity index is 1140. The number of alkyl halides is 3. The van der Waals surface area contributed by atoms with Gasteiger partial charge in [0.25, 0.3) is 0 Å². The second-order valence-electron chi connectivity index (χ2n) is 8.63. The number of hydrogen-bond donors (Lipinski definition) is 3. The Morgan fingerprint density at radius 3 is 2.40 bits per heavy atom. The number of benzene rings is 1. The van der Waals surface area contributed by atoms with Crippen LogP contribution in [0.15, 0.2) is 61.6 Å². The molecule has 0 atom stereocenters. The first-order valence-corrected chi connectivity index (χ1v) is 11.3. The number of fused-ring (bicyclic) bond motifs is 1. The van der Waals surface area contributed by atoms with Gasteiger partial charge in [-0.15, -0.1) is 0 Å². The minimum Gasteiger partial charge on any atom is -0.359 e. The summed E-state index contributed by atoms with van der Waals surface area (Å²) < 4.78 is 63.2. The van der Waals surface area contributed by atoms with Crippen molar-refractivity contribution in [1.29, 1.82) is 0 Å². The van der Waals surface area contributed by atoms with Gasteiger partial charge in [-0.3, -0.25) is 4.98 Å². The van der Waals surface area contributed by atoms with Crippen LogP contribution < -0.4 is 10.6 Å². The summed E-state index contributed by atoms with van der Waals surface area (Å²) in [4.78, 5) is 6.35.